The second kappa shape index (κ2) is 9.35. The minimum Gasteiger partial charge on any atom is -0.460 e. The molecule has 11 heteroatoms. The Balaban J connectivity index is 1.22. The maximum atomic E-state index is 13.9. The minimum absolute atomic E-state index is 0.00191. The Morgan fingerprint density at radius 1 is 1.05 bits per heavy atom. The Labute approximate surface area is 230 Å². The zero-order valence-corrected chi connectivity index (χ0v) is 22.4. The maximum Gasteiger partial charge on any atom is 0.317 e. The van der Waals surface area contributed by atoms with Crippen LogP contribution in [-0.2, 0) is 6.54 Å². The number of benzene rings is 2. The van der Waals surface area contributed by atoms with Crippen LogP contribution in [0.3, 0.4) is 0 Å². The van der Waals surface area contributed by atoms with Crippen molar-refractivity contribution >= 4 is 22.9 Å². The summed E-state index contributed by atoms with van der Waals surface area (Å²) < 4.78 is 23.2. The average Bonchev–Trinajstić information content (AvgIpc) is 3.63. The van der Waals surface area contributed by atoms with E-state index < -0.39 is 6.36 Å². The highest BCUT2D eigenvalue weighted by Crippen LogP contribution is 2.38. The monoisotopic (exact) mass is 543 g/mol. The highest BCUT2D eigenvalue weighted by atomic mass is 19.1. The number of carbonyl (C=O) groups excluding carboxylic acids is 1. The third-order valence-electron chi connectivity index (χ3n) is 8.18. The summed E-state index contributed by atoms with van der Waals surface area (Å²) in [6.45, 7) is 6.59. The number of aryl methyl sites for hydroxylation is 1. The largest absolute Gasteiger partial charge is 0.460 e. The number of halogens is 1. The second-order valence-electron chi connectivity index (χ2n) is 10.8. The van der Waals surface area contributed by atoms with Gasteiger partial charge in [-0.15, -0.1) is 0 Å². The lowest BCUT2D eigenvalue weighted by atomic mass is 10.0. The van der Waals surface area contributed by atoms with Crippen molar-refractivity contribution in [3.63, 3.8) is 0 Å². The first-order chi connectivity index (χ1) is 19.4. The second-order valence-corrected chi connectivity index (χ2v) is 10.8. The van der Waals surface area contributed by atoms with E-state index in [0.29, 0.717) is 56.2 Å². The topological polar surface area (TPSA) is 97.5 Å². The Morgan fingerprint density at radius 3 is 2.67 bits per heavy atom. The fourth-order valence-electron chi connectivity index (χ4n) is 6.28. The molecule has 2 aromatic heterocycles. The lowest BCUT2D eigenvalue weighted by molar-refractivity contribution is 0.0843. The van der Waals surface area contributed by atoms with Crippen LogP contribution in [0.25, 0.3) is 22.0 Å². The van der Waals surface area contributed by atoms with Gasteiger partial charge >= 0.3 is 6.03 Å². The van der Waals surface area contributed by atoms with Crippen LogP contribution in [0.15, 0.2) is 53.6 Å². The number of nitrogens with zero attached hydrogens (tertiary/aromatic N) is 6. The molecule has 4 aromatic rings. The predicted octanol–water partition coefficient (Wildman–Crippen LogP) is 3.47. The van der Waals surface area contributed by atoms with Gasteiger partial charge in [0.25, 0.3) is 5.56 Å². The highest BCUT2D eigenvalue weighted by Gasteiger charge is 2.36. The van der Waals surface area contributed by atoms with Gasteiger partial charge in [-0.3, -0.25) is 9.48 Å². The van der Waals surface area contributed by atoms with E-state index in [9.17, 15) is 14.0 Å². The Hall–Kier alpha value is -4.41. The molecular weight excluding hydrogens is 513 g/mol. The van der Waals surface area contributed by atoms with Crippen LogP contribution in [0, 0.1) is 6.92 Å². The number of hydrogen-bond donors (Lipinski definition) is 1. The van der Waals surface area contributed by atoms with Crippen LogP contribution >= 0.6 is 0 Å². The van der Waals surface area contributed by atoms with Gasteiger partial charge < -0.3 is 19.9 Å². The van der Waals surface area contributed by atoms with E-state index in [4.69, 9.17) is 4.74 Å². The highest BCUT2D eigenvalue weighted by molar-refractivity contribution is 5.85. The van der Waals surface area contributed by atoms with Crippen LogP contribution < -0.4 is 20.5 Å². The Bertz CT molecular complexity index is 1680. The molecule has 0 spiro atoms. The lowest BCUT2D eigenvalue weighted by Crippen LogP contribution is -2.52. The van der Waals surface area contributed by atoms with Crippen molar-refractivity contribution in [3.8, 4) is 16.9 Å². The van der Waals surface area contributed by atoms with Gasteiger partial charge in [-0.25, -0.2) is 23.8 Å². The Morgan fingerprint density at radius 2 is 1.88 bits per heavy atom. The molecule has 206 valence electrons. The molecule has 1 N–H and O–H groups in total. The van der Waals surface area contributed by atoms with Crippen LogP contribution in [-0.4, -0.2) is 68.8 Å². The summed E-state index contributed by atoms with van der Waals surface area (Å²) in [5.74, 6) is 1.13. The van der Waals surface area contributed by atoms with Crippen LogP contribution in [0.4, 0.5) is 15.1 Å². The number of anilines is 1. The smallest absolute Gasteiger partial charge is 0.317 e. The first-order valence-corrected chi connectivity index (χ1v) is 13.7. The molecule has 40 heavy (non-hydrogen) atoms. The lowest BCUT2D eigenvalue weighted by Gasteiger charge is -2.36. The summed E-state index contributed by atoms with van der Waals surface area (Å²) in [7, 11) is 0. The van der Waals surface area contributed by atoms with Crippen molar-refractivity contribution in [2.75, 3.05) is 31.1 Å². The van der Waals surface area contributed by atoms with E-state index in [0.717, 1.165) is 27.8 Å². The quantitative estimate of drug-likeness (QED) is 0.414. The zero-order chi connectivity index (χ0) is 27.5. The molecule has 0 aliphatic carbocycles. The van der Waals surface area contributed by atoms with Crippen molar-refractivity contribution in [2.24, 2.45) is 0 Å². The number of piperazine rings is 1. The number of alkyl halides is 1. The molecule has 3 aliphatic heterocycles. The molecule has 1 unspecified atom stereocenters. The molecule has 7 rings (SSSR count). The van der Waals surface area contributed by atoms with Crippen molar-refractivity contribution in [3.05, 3.63) is 70.3 Å². The number of amides is 2. The molecule has 2 saturated heterocycles. The molecule has 0 bridgehead atoms. The first kappa shape index (κ1) is 24.6. The number of hydrogen-bond acceptors (Lipinski definition) is 6. The minimum atomic E-state index is -1.44. The van der Waals surface area contributed by atoms with Gasteiger partial charge in [0.2, 0.25) is 12.3 Å². The average molecular weight is 544 g/mol. The number of carbonyl (C=O) groups is 1. The van der Waals surface area contributed by atoms with E-state index in [1.54, 1.807) is 23.1 Å². The maximum absolute atomic E-state index is 13.9. The summed E-state index contributed by atoms with van der Waals surface area (Å²) in [5.41, 5.74) is 4.42. The number of nitrogens with one attached hydrogen (secondary N) is 1. The van der Waals surface area contributed by atoms with Gasteiger partial charge in [0, 0.05) is 63.2 Å². The van der Waals surface area contributed by atoms with Crippen molar-refractivity contribution in [1.82, 2.24) is 29.5 Å². The van der Waals surface area contributed by atoms with Gasteiger partial charge in [0.05, 0.1) is 23.0 Å². The summed E-state index contributed by atoms with van der Waals surface area (Å²) in [6.07, 6.45) is 2.88. The van der Waals surface area contributed by atoms with Crippen LogP contribution in [0.2, 0.25) is 0 Å². The van der Waals surface area contributed by atoms with Crippen molar-refractivity contribution in [1.29, 1.82) is 0 Å². The number of fused-ring (bicyclic) bond motifs is 4. The van der Waals surface area contributed by atoms with Gasteiger partial charge in [-0.1, -0.05) is 23.8 Å². The van der Waals surface area contributed by atoms with E-state index in [2.05, 4.69) is 20.2 Å². The fourth-order valence-corrected chi connectivity index (χ4v) is 6.28. The van der Waals surface area contributed by atoms with Crippen molar-refractivity contribution in [2.45, 2.75) is 45.3 Å². The molecule has 10 nitrogen and oxygen atoms in total. The van der Waals surface area contributed by atoms with Crippen LogP contribution in [0.5, 0.6) is 5.75 Å². The van der Waals surface area contributed by atoms with E-state index in [1.165, 1.54) is 6.92 Å². The normalized spacial score (nSPS) is 20.9. The molecule has 5 heterocycles. The first-order valence-electron chi connectivity index (χ1n) is 13.7. The summed E-state index contributed by atoms with van der Waals surface area (Å²) in [5, 5.41) is 3.53. The van der Waals surface area contributed by atoms with Gasteiger partial charge in [-0.05, 0) is 37.1 Å². The Kier molecular flexibility index (Phi) is 5.76. The number of urea groups is 1. The molecule has 0 saturated carbocycles. The molecule has 2 amide bonds. The summed E-state index contributed by atoms with van der Waals surface area (Å²) in [4.78, 5) is 38.5. The number of rotatable bonds is 5. The third-order valence-corrected chi connectivity index (χ3v) is 8.18. The van der Waals surface area contributed by atoms with E-state index in [-0.39, 0.29) is 23.7 Å². The standard InChI is InChI=1S/C29H30FN7O3/c1-17-3-6-26(40-18(2)30)23(11-17)24-7-8-36-27(38)22-5-4-19(12-25(22)37(24)36)20-13-31-28(32-14-20)34-9-10-35-21(16-34)15-33-29(35)39/h3-6,11-14,18,21,24H,7-10,15-16H2,1-2H3,(H,33,39)/t18?,21-,24-/m0/s1. The van der Waals surface area contributed by atoms with E-state index >= 15 is 0 Å². The number of aromatic nitrogens is 4. The zero-order valence-electron chi connectivity index (χ0n) is 22.4. The summed E-state index contributed by atoms with van der Waals surface area (Å²) in [6, 6.07) is 11.5. The number of ether oxygens (including phenoxy) is 1. The molecular formula is C29H30FN7O3. The molecule has 3 aliphatic rings. The molecule has 2 fully saturated rings. The van der Waals surface area contributed by atoms with Gasteiger partial charge in [0.1, 0.15) is 5.75 Å². The van der Waals surface area contributed by atoms with E-state index in [1.807, 2.05) is 46.8 Å². The SMILES string of the molecule is Cc1ccc(OC(C)F)c([C@@H]2CCn3c(=O)c4ccc(-c5cnc(N6CCN7C(=O)NC[C@H]7C6)nc5)cc4n32)c1. The van der Waals surface area contributed by atoms with Gasteiger partial charge in [-0.2, -0.15) is 0 Å². The third kappa shape index (κ3) is 3.99. The molecule has 2 aromatic carbocycles. The molecule has 3 atom stereocenters. The van der Waals surface area contributed by atoms with Gasteiger partial charge in [0.15, 0.2) is 0 Å². The predicted molar refractivity (Wildman–Crippen MR) is 148 cm³/mol. The van der Waals surface area contributed by atoms with Crippen LogP contribution in [0.1, 0.15) is 30.5 Å². The fraction of sp³-hybridized carbons (Fsp3) is 0.379. The molecule has 0 radical (unpaired) electrons. The summed E-state index contributed by atoms with van der Waals surface area (Å²) >= 11 is 0. The van der Waals surface area contributed by atoms with Crippen molar-refractivity contribution < 1.29 is 13.9 Å².